The average Bonchev–Trinajstić information content (AvgIpc) is 2.85. The van der Waals surface area contributed by atoms with Gasteiger partial charge in [0.25, 0.3) is 0 Å². The predicted molar refractivity (Wildman–Crippen MR) is 83.6 cm³/mol. The molecule has 4 heteroatoms. The van der Waals surface area contributed by atoms with Crippen molar-refractivity contribution in [2.24, 2.45) is 0 Å². The molecule has 2 nitrogen and oxygen atoms in total. The standard InChI is InChI=1S/C14H25BrN2S/c1-3-5-6-7-8-9-10-11-13-16-17-14(18-13)12(15)4-2/h12H,3-11H2,1-2H3. The summed E-state index contributed by atoms with van der Waals surface area (Å²) in [5.41, 5.74) is 0. The van der Waals surface area contributed by atoms with Crippen LogP contribution >= 0.6 is 27.3 Å². The largest absolute Gasteiger partial charge is 0.144 e. The Morgan fingerprint density at radius 3 is 2.33 bits per heavy atom. The molecule has 1 aromatic heterocycles. The van der Waals surface area contributed by atoms with Gasteiger partial charge in [0.2, 0.25) is 0 Å². The smallest absolute Gasteiger partial charge is 0.131 e. The van der Waals surface area contributed by atoms with Gasteiger partial charge in [-0.25, -0.2) is 0 Å². The van der Waals surface area contributed by atoms with E-state index in [4.69, 9.17) is 0 Å². The highest BCUT2D eigenvalue weighted by Crippen LogP contribution is 2.28. The van der Waals surface area contributed by atoms with Crippen molar-refractivity contribution in [2.45, 2.75) is 76.5 Å². The molecular weight excluding hydrogens is 308 g/mol. The zero-order valence-corrected chi connectivity index (χ0v) is 14.0. The topological polar surface area (TPSA) is 25.8 Å². The lowest BCUT2D eigenvalue weighted by atomic mass is 10.1. The Morgan fingerprint density at radius 1 is 1.00 bits per heavy atom. The van der Waals surface area contributed by atoms with Crippen LogP contribution in [0.2, 0.25) is 0 Å². The van der Waals surface area contributed by atoms with Crippen LogP contribution in [0.1, 0.15) is 80.1 Å². The molecule has 0 aromatic carbocycles. The first-order chi connectivity index (χ1) is 8.77. The first-order valence-corrected chi connectivity index (χ1v) is 8.97. The number of aromatic nitrogens is 2. The van der Waals surface area contributed by atoms with E-state index in [-0.39, 0.29) is 0 Å². The van der Waals surface area contributed by atoms with Crippen LogP contribution in [0.15, 0.2) is 0 Å². The van der Waals surface area contributed by atoms with Crippen molar-refractivity contribution >= 4 is 27.3 Å². The summed E-state index contributed by atoms with van der Waals surface area (Å²) in [6.07, 6.45) is 11.7. The van der Waals surface area contributed by atoms with E-state index in [2.05, 4.69) is 40.0 Å². The lowest BCUT2D eigenvalue weighted by Gasteiger charge is -1.99. The maximum absolute atomic E-state index is 4.27. The van der Waals surface area contributed by atoms with Crippen LogP contribution in [0.4, 0.5) is 0 Å². The molecule has 1 heterocycles. The van der Waals surface area contributed by atoms with E-state index in [1.165, 1.54) is 50.0 Å². The first-order valence-electron chi connectivity index (χ1n) is 7.24. The van der Waals surface area contributed by atoms with E-state index in [1.807, 2.05) is 0 Å². The number of halogens is 1. The predicted octanol–water partition coefficient (Wildman–Crippen LogP) is 5.68. The van der Waals surface area contributed by atoms with Crippen LogP contribution in [0.3, 0.4) is 0 Å². The summed E-state index contributed by atoms with van der Waals surface area (Å²) in [7, 11) is 0. The number of hydrogen-bond acceptors (Lipinski definition) is 3. The van der Waals surface area contributed by atoms with Crippen molar-refractivity contribution in [2.75, 3.05) is 0 Å². The molecule has 0 aliphatic rings. The molecule has 1 atom stereocenters. The number of rotatable bonds is 10. The lowest BCUT2D eigenvalue weighted by Crippen LogP contribution is -1.86. The molecule has 0 aliphatic carbocycles. The summed E-state index contributed by atoms with van der Waals surface area (Å²) in [5.74, 6) is 0. The van der Waals surface area contributed by atoms with Crippen molar-refractivity contribution in [1.82, 2.24) is 10.2 Å². The van der Waals surface area contributed by atoms with E-state index in [0.29, 0.717) is 4.83 Å². The molecule has 1 unspecified atom stereocenters. The van der Waals surface area contributed by atoms with Crippen LogP contribution in [-0.4, -0.2) is 10.2 Å². The molecule has 0 radical (unpaired) electrons. The van der Waals surface area contributed by atoms with Crippen molar-refractivity contribution in [3.63, 3.8) is 0 Å². The molecule has 1 aromatic rings. The molecule has 0 amide bonds. The van der Waals surface area contributed by atoms with Gasteiger partial charge < -0.3 is 0 Å². The minimum absolute atomic E-state index is 0.387. The number of aryl methyl sites for hydroxylation is 1. The second kappa shape index (κ2) is 9.90. The van der Waals surface area contributed by atoms with Crippen LogP contribution in [0.5, 0.6) is 0 Å². The summed E-state index contributed by atoms with van der Waals surface area (Å²) in [6.45, 7) is 4.43. The zero-order valence-electron chi connectivity index (χ0n) is 11.6. The van der Waals surface area contributed by atoms with Crippen molar-refractivity contribution in [3.05, 3.63) is 10.0 Å². The second-order valence-corrected chi connectivity index (χ2v) is 6.98. The molecule has 0 aliphatic heterocycles. The minimum Gasteiger partial charge on any atom is -0.144 e. The van der Waals surface area contributed by atoms with E-state index in [1.54, 1.807) is 11.3 Å². The number of alkyl halides is 1. The van der Waals surface area contributed by atoms with Crippen LogP contribution in [0, 0.1) is 0 Å². The van der Waals surface area contributed by atoms with Gasteiger partial charge in [0, 0.05) is 6.42 Å². The maximum atomic E-state index is 4.27. The molecule has 104 valence electrons. The summed E-state index contributed by atoms with van der Waals surface area (Å²) in [6, 6.07) is 0. The fraction of sp³-hybridized carbons (Fsp3) is 0.857. The highest BCUT2D eigenvalue weighted by atomic mass is 79.9. The fourth-order valence-corrected chi connectivity index (χ4v) is 3.22. The van der Waals surface area contributed by atoms with Gasteiger partial charge in [0.1, 0.15) is 10.0 Å². The van der Waals surface area contributed by atoms with Crippen LogP contribution in [0.25, 0.3) is 0 Å². The molecule has 0 fully saturated rings. The summed E-state index contributed by atoms with van der Waals surface area (Å²) in [4.78, 5) is 0.387. The Kier molecular flexibility index (Phi) is 8.86. The summed E-state index contributed by atoms with van der Waals surface area (Å²) >= 11 is 5.39. The van der Waals surface area contributed by atoms with Gasteiger partial charge in [-0.15, -0.1) is 21.5 Å². The van der Waals surface area contributed by atoms with Gasteiger partial charge in [-0.2, -0.15) is 0 Å². The van der Waals surface area contributed by atoms with E-state index >= 15 is 0 Å². The van der Waals surface area contributed by atoms with Gasteiger partial charge in [-0.1, -0.05) is 68.3 Å². The van der Waals surface area contributed by atoms with Crippen molar-refractivity contribution in [3.8, 4) is 0 Å². The zero-order chi connectivity index (χ0) is 13.2. The van der Waals surface area contributed by atoms with E-state index in [0.717, 1.165) is 17.8 Å². The quantitative estimate of drug-likeness (QED) is 0.407. The Bertz CT molecular complexity index is 314. The molecule has 18 heavy (non-hydrogen) atoms. The molecule has 0 bridgehead atoms. The summed E-state index contributed by atoms with van der Waals surface area (Å²) in [5, 5.41) is 10.9. The Morgan fingerprint density at radius 2 is 1.67 bits per heavy atom. The molecule has 0 saturated heterocycles. The van der Waals surface area contributed by atoms with Gasteiger partial charge in [-0.3, -0.25) is 0 Å². The molecule has 0 N–H and O–H groups in total. The van der Waals surface area contributed by atoms with E-state index in [9.17, 15) is 0 Å². The SMILES string of the molecule is CCCCCCCCCc1nnc(C(Br)CC)s1. The number of nitrogens with zero attached hydrogens (tertiary/aromatic N) is 2. The Labute approximate surface area is 124 Å². The van der Waals surface area contributed by atoms with Crippen molar-refractivity contribution in [1.29, 1.82) is 0 Å². The van der Waals surface area contributed by atoms with Crippen LogP contribution < -0.4 is 0 Å². The van der Waals surface area contributed by atoms with Gasteiger partial charge in [0.05, 0.1) is 4.83 Å². The Hall–Kier alpha value is 0.0400. The molecule has 1 rings (SSSR count). The molecule has 0 saturated carbocycles. The fourth-order valence-electron chi connectivity index (χ4n) is 1.90. The third-order valence-electron chi connectivity index (χ3n) is 3.10. The molecular formula is C14H25BrN2S. The minimum atomic E-state index is 0.387. The normalized spacial score (nSPS) is 12.8. The maximum Gasteiger partial charge on any atom is 0.131 e. The number of hydrogen-bond donors (Lipinski definition) is 0. The van der Waals surface area contributed by atoms with Crippen molar-refractivity contribution < 1.29 is 0 Å². The van der Waals surface area contributed by atoms with E-state index < -0.39 is 0 Å². The lowest BCUT2D eigenvalue weighted by molar-refractivity contribution is 0.588. The number of unbranched alkanes of at least 4 members (excludes halogenated alkanes) is 6. The summed E-state index contributed by atoms with van der Waals surface area (Å²) < 4.78 is 0. The van der Waals surface area contributed by atoms with Crippen LogP contribution in [-0.2, 0) is 6.42 Å². The van der Waals surface area contributed by atoms with Gasteiger partial charge >= 0.3 is 0 Å². The second-order valence-electron chi connectivity index (χ2n) is 4.78. The van der Waals surface area contributed by atoms with Gasteiger partial charge in [0.15, 0.2) is 0 Å². The van der Waals surface area contributed by atoms with Gasteiger partial charge in [-0.05, 0) is 12.8 Å². The first kappa shape index (κ1) is 16.1. The highest BCUT2D eigenvalue weighted by molar-refractivity contribution is 9.09. The highest BCUT2D eigenvalue weighted by Gasteiger charge is 2.11. The molecule has 0 spiro atoms. The average molecular weight is 333 g/mol. The Balaban J connectivity index is 2.10. The monoisotopic (exact) mass is 332 g/mol. The third kappa shape index (κ3) is 6.28. The third-order valence-corrected chi connectivity index (χ3v) is 5.58.